The van der Waals surface area contributed by atoms with Crippen molar-refractivity contribution in [3.63, 3.8) is 0 Å². The lowest BCUT2D eigenvalue weighted by molar-refractivity contribution is -0.234. The standard InChI is InChI=1S/C18H27BNSi2/c1-21(2,3)20(22(4,5)6)19(18-15-11-12-16-18)17-13-9-7-8-10-14-17/h7-15H,1-6H3/q-1. The summed E-state index contributed by atoms with van der Waals surface area (Å²) < 4.78 is 2.86. The molecule has 0 radical (unpaired) electrons. The zero-order chi connectivity index (χ0) is 16.4. The Balaban J connectivity index is 2.76. The van der Waals surface area contributed by atoms with Gasteiger partial charge >= 0.3 is 0 Å². The molecule has 0 amide bonds. The summed E-state index contributed by atoms with van der Waals surface area (Å²) in [7, 11) is -2.95. The van der Waals surface area contributed by atoms with Crippen molar-refractivity contribution in [2.75, 3.05) is 0 Å². The molecule has 4 heteroatoms. The Morgan fingerprint density at radius 3 is 2.18 bits per heavy atom. The molecule has 2 aliphatic carbocycles. The first kappa shape index (κ1) is 17.0. The third-order valence-corrected chi connectivity index (χ3v) is 11.3. The minimum absolute atomic E-state index is 0.320. The summed E-state index contributed by atoms with van der Waals surface area (Å²) in [6.07, 6.45) is 19.4. The molecule has 0 fully saturated rings. The second-order valence-electron chi connectivity index (χ2n) is 7.84. The first-order chi connectivity index (χ1) is 10.2. The van der Waals surface area contributed by atoms with Gasteiger partial charge in [0.05, 0.1) is 0 Å². The number of hydrogen-bond donors (Lipinski definition) is 0. The van der Waals surface area contributed by atoms with Gasteiger partial charge in [0.2, 0.25) is 0 Å². The molecule has 0 N–H and O–H groups in total. The molecule has 0 aromatic carbocycles. The molecule has 0 bridgehead atoms. The fourth-order valence-corrected chi connectivity index (χ4v) is 13.6. The van der Waals surface area contributed by atoms with Gasteiger partial charge in [-0.15, -0.1) is 11.5 Å². The Morgan fingerprint density at radius 1 is 0.955 bits per heavy atom. The predicted molar refractivity (Wildman–Crippen MR) is 104 cm³/mol. The van der Waals surface area contributed by atoms with Gasteiger partial charge in [-0.2, -0.15) is 36.5 Å². The summed E-state index contributed by atoms with van der Waals surface area (Å²) in [6, 6.07) is 0. The van der Waals surface area contributed by atoms with E-state index in [1.54, 1.807) is 0 Å². The van der Waals surface area contributed by atoms with Crippen molar-refractivity contribution in [2.45, 2.75) is 39.3 Å². The zero-order valence-corrected chi connectivity index (χ0v) is 16.7. The summed E-state index contributed by atoms with van der Waals surface area (Å²) in [4.78, 5) is 0. The Morgan fingerprint density at radius 2 is 1.64 bits per heavy atom. The van der Waals surface area contributed by atoms with Gasteiger partial charge in [-0.25, -0.2) is 5.47 Å². The average Bonchev–Trinajstić information content (AvgIpc) is 2.75. The molecular formula is C18H27BNSi2-. The maximum absolute atomic E-state index is 3.47. The molecule has 0 aliphatic heterocycles. The van der Waals surface area contributed by atoms with E-state index < -0.39 is 16.5 Å². The number of hydrogen-bond acceptors (Lipinski definition) is 0. The van der Waals surface area contributed by atoms with Crippen LogP contribution in [0.25, 0.3) is 0 Å². The first-order valence-corrected chi connectivity index (χ1v) is 14.9. The van der Waals surface area contributed by atoms with Gasteiger partial charge in [-0.05, 0) is 45.4 Å². The maximum Gasteiger partial charge on any atom is 0.271 e. The highest BCUT2D eigenvalue weighted by molar-refractivity contribution is 6.86. The summed E-state index contributed by atoms with van der Waals surface area (Å²) >= 11 is 0. The lowest BCUT2D eigenvalue weighted by Crippen LogP contribution is -2.56. The van der Waals surface area contributed by atoms with Crippen LogP contribution in [0.4, 0.5) is 0 Å². The molecule has 0 heterocycles. The Bertz CT molecular complexity index is 655. The maximum atomic E-state index is 3.47. The molecule has 116 valence electrons. The Hall–Kier alpha value is -1.35. The van der Waals surface area contributed by atoms with Crippen molar-refractivity contribution in [1.29, 1.82) is 0 Å². The van der Waals surface area contributed by atoms with E-state index >= 15 is 0 Å². The number of rotatable bonds is 4. The molecule has 22 heavy (non-hydrogen) atoms. The monoisotopic (exact) mass is 324 g/mol. The van der Waals surface area contributed by atoms with E-state index in [1.807, 2.05) is 6.08 Å². The van der Waals surface area contributed by atoms with Crippen molar-refractivity contribution < 1.29 is 3.81 Å². The van der Waals surface area contributed by atoms with Crippen LogP contribution in [0.2, 0.25) is 39.3 Å². The molecule has 2 aliphatic rings. The molecular weight excluding hydrogens is 297 g/mol. The predicted octanol–water partition coefficient (Wildman–Crippen LogP) is 4.92. The summed E-state index contributed by atoms with van der Waals surface area (Å²) in [6.45, 7) is 15.1. The van der Waals surface area contributed by atoms with Crippen LogP contribution >= 0.6 is 0 Å². The van der Waals surface area contributed by atoms with Crippen LogP contribution in [0.5, 0.6) is 0 Å². The molecule has 2 rings (SSSR count). The second-order valence-corrected chi connectivity index (χ2v) is 17.9. The highest BCUT2D eigenvalue weighted by Gasteiger charge is 2.34. The van der Waals surface area contributed by atoms with Crippen molar-refractivity contribution in [3.8, 4) is 0 Å². The van der Waals surface area contributed by atoms with E-state index in [4.69, 9.17) is 0 Å². The minimum Gasteiger partial charge on any atom is -0.663 e. The van der Waals surface area contributed by atoms with Gasteiger partial charge < -0.3 is 3.81 Å². The third-order valence-electron chi connectivity index (χ3n) is 3.85. The molecule has 0 saturated heterocycles. The van der Waals surface area contributed by atoms with Crippen LogP contribution in [0.3, 0.4) is 0 Å². The third kappa shape index (κ3) is 3.89. The quantitative estimate of drug-likeness (QED) is 0.392. The lowest BCUT2D eigenvalue weighted by Gasteiger charge is -2.43. The van der Waals surface area contributed by atoms with Crippen LogP contribution in [-0.4, -0.2) is 26.8 Å². The fraction of sp³-hybridized carbons (Fsp3) is 0.333. The van der Waals surface area contributed by atoms with Crippen molar-refractivity contribution in [1.82, 2.24) is 0 Å². The van der Waals surface area contributed by atoms with Crippen molar-refractivity contribution >= 4 is 23.0 Å². The van der Waals surface area contributed by atoms with Gasteiger partial charge in [0, 0.05) is 0 Å². The molecule has 0 unspecified atom stereocenters. The fourth-order valence-electron chi connectivity index (χ4n) is 3.46. The van der Waals surface area contributed by atoms with Crippen LogP contribution in [0.1, 0.15) is 0 Å². The first-order valence-electron chi connectivity index (χ1n) is 8.02. The molecule has 0 aromatic rings. The average molecular weight is 324 g/mol. The highest BCUT2D eigenvalue weighted by atomic mass is 28.4. The summed E-state index contributed by atoms with van der Waals surface area (Å²) in [5, 5.41) is 0. The van der Waals surface area contributed by atoms with Crippen LogP contribution in [-0.2, 0) is 0 Å². The number of allylic oxidation sites excluding steroid dienone is 9. The molecule has 0 atom stereocenters. The van der Waals surface area contributed by atoms with Crippen LogP contribution in [0.15, 0.2) is 65.3 Å². The van der Waals surface area contributed by atoms with Crippen molar-refractivity contribution in [2.24, 2.45) is 0 Å². The Kier molecular flexibility index (Phi) is 4.96. The Labute approximate surface area is 138 Å². The van der Waals surface area contributed by atoms with Gasteiger partial charge in [0.1, 0.15) is 6.51 Å². The summed E-state index contributed by atoms with van der Waals surface area (Å²) in [5.41, 5.74) is 6.15. The second kappa shape index (κ2) is 6.41. The number of nitrogens with zero attached hydrogens (tertiary/aromatic N) is 1. The molecule has 0 spiro atoms. The van der Waals surface area contributed by atoms with Gasteiger partial charge in [-0.3, -0.25) is 0 Å². The molecule has 1 nitrogen and oxygen atoms in total. The van der Waals surface area contributed by atoms with Crippen molar-refractivity contribution in [3.05, 3.63) is 71.7 Å². The topological polar surface area (TPSA) is 3.01 Å². The molecule has 0 saturated carbocycles. The minimum atomic E-state index is -1.48. The largest absolute Gasteiger partial charge is 0.663 e. The van der Waals surface area contributed by atoms with Gasteiger partial charge in [0.25, 0.3) is 16.5 Å². The highest BCUT2D eigenvalue weighted by Crippen LogP contribution is 2.22. The van der Waals surface area contributed by atoms with Crippen LogP contribution < -0.4 is 0 Å². The van der Waals surface area contributed by atoms with Gasteiger partial charge in [-0.1, -0.05) is 12.2 Å². The van der Waals surface area contributed by atoms with E-state index in [1.165, 1.54) is 10.9 Å². The normalized spacial score (nSPS) is 17.0. The smallest absolute Gasteiger partial charge is 0.271 e. The van der Waals surface area contributed by atoms with E-state index in [9.17, 15) is 0 Å². The zero-order valence-electron chi connectivity index (χ0n) is 14.7. The summed E-state index contributed by atoms with van der Waals surface area (Å²) in [5.74, 6) is 0. The molecule has 0 aromatic heterocycles. The van der Waals surface area contributed by atoms with Crippen LogP contribution in [0, 0.1) is 6.42 Å². The SMILES string of the molecule is C[Si](C)(C)[N+](=[B-](C1=C=CC=C1)C1=C[CH-]C=CC=C1)[Si](C)(C)C. The van der Waals surface area contributed by atoms with E-state index in [-0.39, 0.29) is 0 Å². The van der Waals surface area contributed by atoms with E-state index in [0.717, 1.165) is 0 Å². The van der Waals surface area contributed by atoms with E-state index in [0.29, 0.717) is 6.51 Å². The lowest BCUT2D eigenvalue weighted by atomic mass is 9.57. The van der Waals surface area contributed by atoms with E-state index in [2.05, 4.69) is 97.8 Å². The van der Waals surface area contributed by atoms with Gasteiger partial charge in [0.15, 0.2) is 0 Å².